The number of anilines is 1. The summed E-state index contributed by atoms with van der Waals surface area (Å²) in [6, 6.07) is 15.4. The Labute approximate surface area is 102 Å². The fraction of sp³-hybridized carbons (Fsp3) is 0.267. The Bertz CT molecular complexity index is 507. The van der Waals surface area contributed by atoms with Crippen LogP contribution in [-0.4, -0.2) is 11.0 Å². The van der Waals surface area contributed by atoms with E-state index in [-0.39, 0.29) is 0 Å². The van der Waals surface area contributed by atoms with Crippen LogP contribution in [0.15, 0.2) is 48.7 Å². The minimum absolute atomic E-state index is 0.583. The molecule has 2 aromatic rings. The smallest absolute Gasteiger partial charge is 0.0393 e. The Morgan fingerprint density at radius 3 is 2.76 bits per heavy atom. The first kappa shape index (κ1) is 10.3. The third-order valence-corrected chi connectivity index (χ3v) is 3.27. The molecule has 2 atom stereocenters. The van der Waals surface area contributed by atoms with Gasteiger partial charge >= 0.3 is 0 Å². The van der Waals surface area contributed by atoms with E-state index in [1.165, 1.54) is 17.7 Å². The van der Waals surface area contributed by atoms with E-state index in [4.69, 9.17) is 0 Å². The van der Waals surface area contributed by atoms with Crippen LogP contribution in [0.5, 0.6) is 0 Å². The Balaban J connectivity index is 1.66. The van der Waals surface area contributed by atoms with Gasteiger partial charge in [0.15, 0.2) is 0 Å². The van der Waals surface area contributed by atoms with E-state index >= 15 is 0 Å². The summed E-state index contributed by atoms with van der Waals surface area (Å²) in [5, 5.41) is 3.57. The molecule has 2 heteroatoms. The molecule has 2 nitrogen and oxygen atoms in total. The Morgan fingerprint density at radius 1 is 1.18 bits per heavy atom. The van der Waals surface area contributed by atoms with Gasteiger partial charge < -0.3 is 5.32 Å². The molecule has 1 heterocycles. The van der Waals surface area contributed by atoms with Gasteiger partial charge in [-0.15, -0.1) is 0 Å². The SMILES string of the molecule is Cc1cc(NC2CC2c2ccccc2)ccn1. The van der Waals surface area contributed by atoms with Gasteiger partial charge in [0.2, 0.25) is 0 Å². The Kier molecular flexibility index (Phi) is 2.56. The van der Waals surface area contributed by atoms with Crippen LogP contribution in [0.2, 0.25) is 0 Å². The molecule has 86 valence electrons. The van der Waals surface area contributed by atoms with E-state index in [9.17, 15) is 0 Å². The average Bonchev–Trinajstić information content (AvgIpc) is 3.10. The number of hydrogen-bond acceptors (Lipinski definition) is 2. The lowest BCUT2D eigenvalue weighted by molar-refractivity contribution is 1.04. The molecule has 0 amide bonds. The van der Waals surface area contributed by atoms with Gasteiger partial charge in [-0.1, -0.05) is 30.3 Å². The lowest BCUT2D eigenvalue weighted by Crippen LogP contribution is -2.04. The van der Waals surface area contributed by atoms with Crippen molar-refractivity contribution in [3.63, 3.8) is 0 Å². The number of aromatic nitrogens is 1. The van der Waals surface area contributed by atoms with Crippen molar-refractivity contribution in [2.24, 2.45) is 0 Å². The second-order valence-corrected chi connectivity index (χ2v) is 4.69. The third kappa shape index (κ3) is 2.31. The fourth-order valence-electron chi connectivity index (χ4n) is 2.27. The monoisotopic (exact) mass is 224 g/mol. The highest BCUT2D eigenvalue weighted by atomic mass is 15.0. The summed E-state index contributed by atoms with van der Waals surface area (Å²) in [5.74, 6) is 0.671. The first-order chi connectivity index (χ1) is 8.33. The first-order valence-electron chi connectivity index (χ1n) is 6.07. The predicted molar refractivity (Wildman–Crippen MR) is 70.2 cm³/mol. The van der Waals surface area contributed by atoms with Crippen LogP contribution in [0.3, 0.4) is 0 Å². The fourth-order valence-corrected chi connectivity index (χ4v) is 2.27. The molecule has 2 unspecified atom stereocenters. The van der Waals surface area contributed by atoms with Crippen molar-refractivity contribution in [3.8, 4) is 0 Å². The predicted octanol–water partition coefficient (Wildman–Crippen LogP) is 3.36. The first-order valence-corrected chi connectivity index (χ1v) is 6.07. The normalized spacial score (nSPS) is 22.2. The summed E-state index contributed by atoms with van der Waals surface area (Å²) < 4.78 is 0. The quantitative estimate of drug-likeness (QED) is 0.864. The number of benzene rings is 1. The van der Waals surface area contributed by atoms with Crippen LogP contribution >= 0.6 is 0 Å². The van der Waals surface area contributed by atoms with Gasteiger partial charge in [0.05, 0.1) is 0 Å². The van der Waals surface area contributed by atoms with E-state index in [1.54, 1.807) is 0 Å². The van der Waals surface area contributed by atoms with Crippen LogP contribution in [0.1, 0.15) is 23.6 Å². The second kappa shape index (κ2) is 4.21. The molecule has 0 spiro atoms. The lowest BCUT2D eigenvalue weighted by atomic mass is 10.1. The summed E-state index contributed by atoms with van der Waals surface area (Å²) in [7, 11) is 0. The van der Waals surface area contributed by atoms with Crippen molar-refractivity contribution >= 4 is 5.69 Å². The van der Waals surface area contributed by atoms with Gasteiger partial charge in [-0.2, -0.15) is 0 Å². The van der Waals surface area contributed by atoms with E-state index in [1.807, 2.05) is 19.2 Å². The van der Waals surface area contributed by atoms with E-state index in [0.29, 0.717) is 12.0 Å². The zero-order chi connectivity index (χ0) is 11.7. The van der Waals surface area contributed by atoms with Crippen molar-refractivity contribution in [2.45, 2.75) is 25.3 Å². The van der Waals surface area contributed by atoms with Crippen LogP contribution < -0.4 is 5.32 Å². The number of aryl methyl sites for hydroxylation is 1. The maximum atomic E-state index is 4.20. The van der Waals surface area contributed by atoms with Crippen LogP contribution in [0.25, 0.3) is 0 Å². The molecular weight excluding hydrogens is 208 g/mol. The molecular formula is C15H16N2. The van der Waals surface area contributed by atoms with Gasteiger partial charge in [0, 0.05) is 29.5 Å². The van der Waals surface area contributed by atoms with Gasteiger partial charge in [0.1, 0.15) is 0 Å². The molecule has 0 radical (unpaired) electrons. The Morgan fingerprint density at radius 2 is 2.00 bits per heavy atom. The highest BCUT2D eigenvalue weighted by Gasteiger charge is 2.38. The Hall–Kier alpha value is -1.83. The molecule has 1 aromatic heterocycles. The van der Waals surface area contributed by atoms with Crippen molar-refractivity contribution in [1.82, 2.24) is 4.98 Å². The van der Waals surface area contributed by atoms with Gasteiger partial charge in [0.25, 0.3) is 0 Å². The van der Waals surface area contributed by atoms with Crippen LogP contribution in [-0.2, 0) is 0 Å². The number of rotatable bonds is 3. The maximum absolute atomic E-state index is 4.20. The number of nitrogens with one attached hydrogen (secondary N) is 1. The summed E-state index contributed by atoms with van der Waals surface area (Å²) in [4.78, 5) is 4.20. The molecule has 1 aliphatic rings. The van der Waals surface area contributed by atoms with Crippen molar-refractivity contribution in [1.29, 1.82) is 0 Å². The standard InChI is InChI=1S/C15H16N2/c1-11-9-13(7-8-16-11)17-15-10-14(15)12-5-3-2-4-6-12/h2-9,14-15H,10H2,1H3,(H,16,17). The number of pyridine rings is 1. The van der Waals surface area contributed by atoms with Crippen molar-refractivity contribution in [3.05, 3.63) is 59.9 Å². The van der Waals surface area contributed by atoms with Gasteiger partial charge in [-0.25, -0.2) is 0 Å². The zero-order valence-corrected chi connectivity index (χ0v) is 9.93. The molecule has 1 fully saturated rings. The van der Waals surface area contributed by atoms with E-state index < -0.39 is 0 Å². The largest absolute Gasteiger partial charge is 0.382 e. The molecule has 0 bridgehead atoms. The minimum atomic E-state index is 0.583. The molecule has 0 aliphatic heterocycles. The van der Waals surface area contributed by atoms with Crippen molar-refractivity contribution < 1.29 is 0 Å². The molecule has 3 rings (SSSR count). The van der Waals surface area contributed by atoms with Crippen LogP contribution in [0.4, 0.5) is 5.69 Å². The van der Waals surface area contributed by atoms with E-state index in [2.05, 4.69) is 46.7 Å². The van der Waals surface area contributed by atoms with E-state index in [0.717, 1.165) is 5.69 Å². The van der Waals surface area contributed by atoms with Gasteiger partial charge in [-0.05, 0) is 31.0 Å². The molecule has 1 N–H and O–H groups in total. The minimum Gasteiger partial charge on any atom is -0.382 e. The third-order valence-electron chi connectivity index (χ3n) is 3.27. The summed E-state index contributed by atoms with van der Waals surface area (Å²) in [6.45, 7) is 2.02. The topological polar surface area (TPSA) is 24.9 Å². The second-order valence-electron chi connectivity index (χ2n) is 4.69. The molecule has 1 saturated carbocycles. The highest BCUT2D eigenvalue weighted by Crippen LogP contribution is 2.42. The number of nitrogens with zero attached hydrogens (tertiary/aromatic N) is 1. The summed E-state index contributed by atoms with van der Waals surface area (Å²) in [6.07, 6.45) is 3.09. The highest BCUT2D eigenvalue weighted by molar-refractivity contribution is 5.47. The number of hydrogen-bond donors (Lipinski definition) is 1. The maximum Gasteiger partial charge on any atom is 0.0393 e. The molecule has 1 aliphatic carbocycles. The molecule has 0 saturated heterocycles. The van der Waals surface area contributed by atoms with Crippen molar-refractivity contribution in [2.75, 3.05) is 5.32 Å². The summed E-state index contributed by atoms with van der Waals surface area (Å²) >= 11 is 0. The van der Waals surface area contributed by atoms with Gasteiger partial charge in [-0.3, -0.25) is 4.98 Å². The molecule has 17 heavy (non-hydrogen) atoms. The summed E-state index contributed by atoms with van der Waals surface area (Å²) in [5.41, 5.74) is 3.68. The van der Waals surface area contributed by atoms with Crippen LogP contribution in [0, 0.1) is 6.92 Å². The molecule has 1 aromatic carbocycles. The lowest BCUT2D eigenvalue weighted by Gasteiger charge is -2.06. The average molecular weight is 224 g/mol. The zero-order valence-electron chi connectivity index (χ0n) is 9.93.